The van der Waals surface area contributed by atoms with E-state index in [1.165, 1.54) is 23.5 Å². The van der Waals surface area contributed by atoms with Crippen molar-refractivity contribution in [2.24, 2.45) is 0 Å². The van der Waals surface area contributed by atoms with Gasteiger partial charge in [-0.2, -0.15) is 13.2 Å². The van der Waals surface area contributed by atoms with E-state index in [4.69, 9.17) is 0 Å². The zero-order chi connectivity index (χ0) is 22.6. The first-order valence-corrected chi connectivity index (χ1v) is 10.4. The molecule has 4 rings (SSSR count). The van der Waals surface area contributed by atoms with Crippen LogP contribution in [0.2, 0.25) is 0 Å². The van der Waals surface area contributed by atoms with Crippen LogP contribution in [0.5, 0.6) is 0 Å². The van der Waals surface area contributed by atoms with Gasteiger partial charge in [0.25, 0.3) is 5.91 Å². The fraction of sp³-hybridized carbons (Fsp3) is 0.273. The van der Waals surface area contributed by atoms with Crippen LogP contribution < -0.4 is 5.32 Å². The average molecular weight is 447 g/mol. The van der Waals surface area contributed by atoms with Crippen molar-refractivity contribution in [2.45, 2.75) is 32.5 Å². The molecule has 0 saturated heterocycles. The molecule has 0 unspecified atom stereocenters. The van der Waals surface area contributed by atoms with Gasteiger partial charge in [0, 0.05) is 23.2 Å². The van der Waals surface area contributed by atoms with Gasteiger partial charge in [0.05, 0.1) is 26.4 Å². The van der Waals surface area contributed by atoms with Crippen molar-refractivity contribution >= 4 is 38.5 Å². The summed E-state index contributed by atoms with van der Waals surface area (Å²) < 4.78 is 41.5. The average Bonchev–Trinajstić information content (AvgIpc) is 3.19. The minimum atomic E-state index is -4.41. The third-order valence-electron chi connectivity index (χ3n) is 4.81. The van der Waals surface area contributed by atoms with Crippen molar-refractivity contribution in [2.75, 3.05) is 6.54 Å². The maximum Gasteiger partial charge on any atom is 0.416 e. The molecule has 2 N–H and O–H groups in total. The number of carbonyl (C=O) groups excluding carboxylic acids is 1. The van der Waals surface area contributed by atoms with Crippen LogP contribution in [0.25, 0.3) is 26.9 Å². The molecule has 0 saturated carbocycles. The van der Waals surface area contributed by atoms with Gasteiger partial charge in [0.15, 0.2) is 5.65 Å². The van der Waals surface area contributed by atoms with Gasteiger partial charge in [-0.15, -0.1) is 11.3 Å². The van der Waals surface area contributed by atoms with Crippen LogP contribution in [0.3, 0.4) is 0 Å². The number of carbonyl (C=O) groups is 1. The summed E-state index contributed by atoms with van der Waals surface area (Å²) in [5, 5.41) is 14.1. The number of hydrogen-bond acceptors (Lipinski definition) is 4. The number of nitrogens with one attached hydrogen (secondary N) is 1. The van der Waals surface area contributed by atoms with E-state index in [1.807, 2.05) is 6.92 Å². The SMILES string of the molecule is Cc1nc2c(s1)c1cc(C(=O)NCC(C)(C)O)ccc1n2-c1ccc(C(F)(F)F)cc1. The number of benzene rings is 2. The van der Waals surface area contributed by atoms with Crippen molar-refractivity contribution in [1.82, 2.24) is 14.9 Å². The van der Waals surface area contributed by atoms with E-state index in [-0.39, 0.29) is 12.5 Å². The lowest BCUT2D eigenvalue weighted by atomic mass is 10.1. The number of rotatable bonds is 4. The first kappa shape index (κ1) is 21.3. The summed E-state index contributed by atoms with van der Waals surface area (Å²) in [4.78, 5) is 17.1. The van der Waals surface area contributed by atoms with Crippen LogP contribution in [-0.4, -0.2) is 32.7 Å². The number of aryl methyl sites for hydroxylation is 1. The molecule has 0 aliphatic carbocycles. The van der Waals surface area contributed by atoms with Crippen LogP contribution in [0.1, 0.15) is 34.8 Å². The quantitative estimate of drug-likeness (QED) is 0.459. The summed E-state index contributed by atoms with van der Waals surface area (Å²) >= 11 is 1.46. The van der Waals surface area contributed by atoms with Gasteiger partial charge in [-0.1, -0.05) is 0 Å². The Morgan fingerprint density at radius 1 is 1.16 bits per heavy atom. The van der Waals surface area contributed by atoms with Crippen molar-refractivity contribution in [3.63, 3.8) is 0 Å². The highest BCUT2D eigenvalue weighted by Crippen LogP contribution is 2.37. The van der Waals surface area contributed by atoms with Crippen LogP contribution >= 0.6 is 11.3 Å². The Labute approximate surface area is 180 Å². The lowest BCUT2D eigenvalue weighted by molar-refractivity contribution is -0.137. The number of aliphatic hydroxyl groups is 1. The maximum absolute atomic E-state index is 13.0. The normalized spacial score (nSPS) is 12.6. The van der Waals surface area contributed by atoms with Crippen LogP contribution in [0.4, 0.5) is 13.2 Å². The molecular formula is C22H20F3N3O2S. The van der Waals surface area contributed by atoms with E-state index >= 15 is 0 Å². The number of thiazole rings is 1. The van der Waals surface area contributed by atoms with E-state index in [0.717, 1.165) is 32.7 Å². The van der Waals surface area contributed by atoms with Gasteiger partial charge in [0.1, 0.15) is 0 Å². The number of aromatic nitrogens is 2. The summed E-state index contributed by atoms with van der Waals surface area (Å²) in [5.74, 6) is -0.319. The molecule has 0 spiro atoms. The first-order chi connectivity index (χ1) is 14.4. The monoisotopic (exact) mass is 447 g/mol. The summed E-state index contributed by atoms with van der Waals surface area (Å²) in [6.45, 7) is 5.16. The number of fused-ring (bicyclic) bond motifs is 3. The topological polar surface area (TPSA) is 67.2 Å². The predicted octanol–water partition coefficient (Wildman–Crippen LogP) is 5.07. The number of alkyl halides is 3. The third-order valence-corrected chi connectivity index (χ3v) is 5.80. The van der Waals surface area contributed by atoms with Crippen molar-refractivity contribution in [3.8, 4) is 5.69 Å². The Balaban J connectivity index is 1.82. The van der Waals surface area contributed by atoms with Crippen molar-refractivity contribution < 1.29 is 23.1 Å². The fourth-order valence-corrected chi connectivity index (χ4v) is 4.30. The molecule has 4 aromatic rings. The molecule has 0 fully saturated rings. The highest BCUT2D eigenvalue weighted by molar-refractivity contribution is 7.19. The molecule has 9 heteroatoms. The second-order valence-electron chi connectivity index (χ2n) is 7.99. The lowest BCUT2D eigenvalue weighted by Crippen LogP contribution is -2.38. The molecule has 1 amide bonds. The smallest absolute Gasteiger partial charge is 0.389 e. The molecule has 0 bridgehead atoms. The summed E-state index contributed by atoms with van der Waals surface area (Å²) in [6.07, 6.45) is -4.41. The van der Waals surface area contributed by atoms with E-state index in [2.05, 4.69) is 10.3 Å². The van der Waals surface area contributed by atoms with Gasteiger partial charge in [0.2, 0.25) is 0 Å². The Morgan fingerprint density at radius 3 is 2.45 bits per heavy atom. The van der Waals surface area contributed by atoms with E-state index in [0.29, 0.717) is 16.9 Å². The van der Waals surface area contributed by atoms with Crippen molar-refractivity contribution in [1.29, 1.82) is 0 Å². The third kappa shape index (κ3) is 4.15. The lowest BCUT2D eigenvalue weighted by Gasteiger charge is -2.17. The highest BCUT2D eigenvalue weighted by Gasteiger charge is 2.30. The summed E-state index contributed by atoms with van der Waals surface area (Å²) in [7, 11) is 0. The molecule has 2 aromatic carbocycles. The zero-order valence-electron chi connectivity index (χ0n) is 17.0. The standard InChI is InChI=1S/C22H20F3N3O2S/c1-12-27-19-18(31-12)16-10-13(20(29)26-11-21(2,3)30)4-9-17(16)28(19)15-7-5-14(6-8-15)22(23,24)25/h4-10,30H,11H2,1-3H3,(H,26,29). The fourth-order valence-electron chi connectivity index (χ4n) is 3.37. The molecule has 5 nitrogen and oxygen atoms in total. The summed E-state index contributed by atoms with van der Waals surface area (Å²) in [6, 6.07) is 10.1. The molecule has 0 aliphatic rings. The summed E-state index contributed by atoms with van der Waals surface area (Å²) in [5.41, 5.74) is 0.600. The zero-order valence-corrected chi connectivity index (χ0v) is 17.9. The van der Waals surface area contributed by atoms with Crippen LogP contribution in [0, 0.1) is 6.92 Å². The van der Waals surface area contributed by atoms with Gasteiger partial charge >= 0.3 is 6.18 Å². The molecular weight excluding hydrogens is 427 g/mol. The number of amides is 1. The molecule has 2 aromatic heterocycles. The Hall–Kier alpha value is -2.91. The predicted molar refractivity (Wildman–Crippen MR) is 115 cm³/mol. The molecule has 2 heterocycles. The van der Waals surface area contributed by atoms with E-state index < -0.39 is 17.3 Å². The largest absolute Gasteiger partial charge is 0.416 e. The Bertz CT molecular complexity index is 1280. The maximum atomic E-state index is 13.0. The number of halogens is 3. The second-order valence-corrected chi connectivity index (χ2v) is 9.20. The Kier molecular flexibility index (Phi) is 5.06. The number of nitrogens with zero attached hydrogens (tertiary/aromatic N) is 2. The molecule has 0 aliphatic heterocycles. The molecule has 0 atom stereocenters. The van der Waals surface area contributed by atoms with Crippen LogP contribution in [0.15, 0.2) is 42.5 Å². The molecule has 0 radical (unpaired) electrons. The number of hydrogen-bond donors (Lipinski definition) is 2. The first-order valence-electron chi connectivity index (χ1n) is 9.54. The molecule has 31 heavy (non-hydrogen) atoms. The van der Waals surface area contributed by atoms with Crippen LogP contribution in [-0.2, 0) is 6.18 Å². The van der Waals surface area contributed by atoms with E-state index in [1.54, 1.807) is 36.6 Å². The van der Waals surface area contributed by atoms with Gasteiger partial charge in [-0.3, -0.25) is 9.36 Å². The van der Waals surface area contributed by atoms with Crippen molar-refractivity contribution in [3.05, 3.63) is 58.6 Å². The van der Waals surface area contributed by atoms with Gasteiger partial charge in [-0.25, -0.2) is 4.98 Å². The molecule has 162 valence electrons. The highest BCUT2D eigenvalue weighted by atomic mass is 32.1. The second kappa shape index (κ2) is 7.35. The van der Waals surface area contributed by atoms with Gasteiger partial charge in [-0.05, 0) is 63.2 Å². The Morgan fingerprint density at radius 2 is 1.84 bits per heavy atom. The minimum absolute atomic E-state index is 0.103. The minimum Gasteiger partial charge on any atom is -0.389 e. The van der Waals surface area contributed by atoms with E-state index in [9.17, 15) is 23.1 Å². The van der Waals surface area contributed by atoms with Gasteiger partial charge < -0.3 is 10.4 Å².